The highest BCUT2D eigenvalue weighted by Crippen LogP contribution is 2.67. The van der Waals surface area contributed by atoms with Crippen LogP contribution in [-0.2, 0) is 0 Å². The molecule has 0 N–H and O–H groups in total. The third-order valence-electron chi connectivity index (χ3n) is 0.475. The third-order valence-corrected chi connectivity index (χ3v) is 2.43. The number of alkyl halides is 4. The minimum atomic E-state index is -3.26. The molecule has 0 aromatic heterocycles. The normalized spacial score (nSPS) is 31.5. The Morgan fingerprint density at radius 1 is 0.750 bits per heavy atom. The topological polar surface area (TPSA) is 0 Å². The van der Waals surface area contributed by atoms with Crippen molar-refractivity contribution in [1.82, 2.24) is 0 Å². The smallest absolute Gasteiger partial charge is 0.182 e. The van der Waals surface area contributed by atoms with E-state index in [1.54, 1.807) is 0 Å². The molecule has 0 aliphatic carbocycles. The van der Waals surface area contributed by atoms with E-state index in [1.165, 1.54) is 0 Å². The quantitative estimate of drug-likeness (QED) is 0.504. The van der Waals surface area contributed by atoms with Gasteiger partial charge in [0.1, 0.15) is 0 Å². The van der Waals surface area contributed by atoms with Gasteiger partial charge in [-0.3, -0.25) is 0 Å². The lowest BCUT2D eigenvalue weighted by Gasteiger charge is -2.31. The summed E-state index contributed by atoms with van der Waals surface area (Å²) in [5.41, 5.74) is 0. The van der Waals surface area contributed by atoms with E-state index in [0.29, 0.717) is 0 Å². The summed E-state index contributed by atoms with van der Waals surface area (Å²) in [6, 6.07) is 0. The van der Waals surface area contributed by atoms with E-state index in [4.69, 9.17) is 0 Å². The number of halogens is 4. The zero-order valence-corrected chi connectivity index (χ0v) is 4.96. The van der Waals surface area contributed by atoms with Gasteiger partial charge in [-0.05, 0) is 0 Å². The first kappa shape index (κ1) is 6.54. The van der Waals surface area contributed by atoms with Gasteiger partial charge >= 0.3 is 9.17 Å². The lowest BCUT2D eigenvalue weighted by atomic mass is 11.5. The van der Waals surface area contributed by atoms with Gasteiger partial charge in [0, 0.05) is 23.5 Å². The number of rotatable bonds is 0. The Labute approximate surface area is 51.0 Å². The van der Waals surface area contributed by atoms with Crippen molar-refractivity contribution >= 4 is 23.5 Å². The van der Waals surface area contributed by atoms with E-state index < -0.39 is 32.7 Å². The highest BCUT2D eigenvalue weighted by atomic mass is 32.3. The lowest BCUT2D eigenvalue weighted by molar-refractivity contribution is 0.138. The number of thioether (sulfide) groups is 2. The van der Waals surface area contributed by atoms with Gasteiger partial charge in [-0.1, -0.05) is 0 Å². The van der Waals surface area contributed by atoms with Gasteiger partial charge in [0.15, 0.2) is 0 Å². The van der Waals surface area contributed by atoms with Crippen molar-refractivity contribution in [3.63, 3.8) is 0 Å². The zero-order chi connectivity index (χ0) is 6.41. The second kappa shape index (κ2) is 1.47. The van der Waals surface area contributed by atoms with Crippen LogP contribution >= 0.6 is 23.5 Å². The van der Waals surface area contributed by atoms with Crippen LogP contribution in [0.4, 0.5) is 17.6 Å². The molecule has 1 heterocycles. The molecule has 1 aliphatic rings. The van der Waals surface area contributed by atoms with Gasteiger partial charge in [0.2, 0.25) is 0 Å². The predicted molar refractivity (Wildman–Crippen MR) is 25.1 cm³/mol. The van der Waals surface area contributed by atoms with E-state index in [-0.39, 0.29) is 0 Å². The Hall–Kier alpha value is 0.420. The van der Waals surface area contributed by atoms with Gasteiger partial charge < -0.3 is 0 Å². The van der Waals surface area contributed by atoms with Crippen LogP contribution < -0.4 is 0 Å². The summed E-state index contributed by atoms with van der Waals surface area (Å²) >= 11 is -1.23. The molecule has 1 rings (SSSR count). The Bertz CT molecular complexity index is 88.6. The zero-order valence-electron chi connectivity index (χ0n) is 3.33. The predicted octanol–water partition coefficient (Wildman–Crippen LogP) is 2.57. The number of hydrogen-bond donors (Lipinski definition) is 0. The van der Waals surface area contributed by atoms with E-state index in [1.807, 2.05) is 0 Å². The van der Waals surface area contributed by atoms with Crippen molar-refractivity contribution in [3.05, 3.63) is 0 Å². The van der Waals surface area contributed by atoms with Gasteiger partial charge in [0.05, 0.1) is 0 Å². The Morgan fingerprint density at radius 2 is 1.00 bits per heavy atom. The van der Waals surface area contributed by atoms with Crippen molar-refractivity contribution < 1.29 is 17.6 Å². The third kappa shape index (κ3) is 1.22. The summed E-state index contributed by atoms with van der Waals surface area (Å²) in [5, 5.41) is 0. The summed E-state index contributed by atoms with van der Waals surface area (Å²) < 4.78 is 39.4. The van der Waals surface area contributed by atoms with Crippen LogP contribution in [0.25, 0.3) is 0 Å². The van der Waals surface area contributed by atoms with E-state index in [9.17, 15) is 17.6 Å². The molecule has 48 valence electrons. The minimum Gasteiger partial charge on any atom is -0.182 e. The SMILES string of the molecule is FC1(F)SC(F)(F)S1. The fraction of sp³-hybridized carbons (Fsp3) is 1.00. The fourth-order valence-corrected chi connectivity index (χ4v) is 1.86. The van der Waals surface area contributed by atoms with Gasteiger partial charge in [-0.2, -0.15) is 17.6 Å². The van der Waals surface area contributed by atoms with E-state index in [0.717, 1.165) is 0 Å². The standard InChI is InChI=1S/C2F4S2/c3-1(4)7-2(5,6)8-1. The molecule has 8 heavy (non-hydrogen) atoms. The average Bonchev–Trinajstić information content (AvgIpc) is 1.20. The highest BCUT2D eigenvalue weighted by molar-refractivity contribution is 8.34. The van der Waals surface area contributed by atoms with Crippen LogP contribution in [-0.4, -0.2) is 9.17 Å². The maximum atomic E-state index is 11.5. The molecule has 0 nitrogen and oxygen atoms in total. The van der Waals surface area contributed by atoms with E-state index >= 15 is 0 Å². The van der Waals surface area contributed by atoms with Crippen molar-refractivity contribution in [2.24, 2.45) is 0 Å². The highest BCUT2D eigenvalue weighted by Gasteiger charge is 2.61. The van der Waals surface area contributed by atoms with Gasteiger partial charge in [0.25, 0.3) is 0 Å². The maximum Gasteiger partial charge on any atom is 0.354 e. The van der Waals surface area contributed by atoms with Crippen molar-refractivity contribution in [3.8, 4) is 0 Å². The summed E-state index contributed by atoms with van der Waals surface area (Å²) in [4.78, 5) is 0. The van der Waals surface area contributed by atoms with Crippen LogP contribution in [0.3, 0.4) is 0 Å². The molecule has 0 radical (unpaired) electrons. The Kier molecular flexibility index (Phi) is 1.20. The second-order valence-corrected chi connectivity index (χ2v) is 4.11. The molecule has 0 bridgehead atoms. The molecule has 6 heteroatoms. The molecule has 1 fully saturated rings. The van der Waals surface area contributed by atoms with Crippen LogP contribution in [0.1, 0.15) is 0 Å². The van der Waals surface area contributed by atoms with Gasteiger partial charge in [-0.15, -0.1) is 0 Å². The summed E-state index contributed by atoms with van der Waals surface area (Å²) in [6.07, 6.45) is 0. The van der Waals surface area contributed by atoms with Crippen molar-refractivity contribution in [2.75, 3.05) is 0 Å². The molecule has 0 unspecified atom stereocenters. The molecule has 0 saturated carbocycles. The second-order valence-electron chi connectivity index (χ2n) is 1.13. The molecule has 0 atom stereocenters. The monoisotopic (exact) mass is 164 g/mol. The first-order valence-corrected chi connectivity index (χ1v) is 3.21. The molecule has 1 aliphatic heterocycles. The van der Waals surface area contributed by atoms with Crippen LogP contribution in [0.15, 0.2) is 0 Å². The Balaban J connectivity index is 2.42. The molecular formula is C2F4S2. The minimum absolute atomic E-state index is 0.616. The Morgan fingerprint density at radius 3 is 1.00 bits per heavy atom. The molecule has 0 aromatic carbocycles. The average molecular weight is 164 g/mol. The van der Waals surface area contributed by atoms with Gasteiger partial charge in [-0.25, -0.2) is 0 Å². The van der Waals surface area contributed by atoms with Crippen LogP contribution in [0.2, 0.25) is 0 Å². The fourth-order valence-electron chi connectivity index (χ4n) is 0.284. The van der Waals surface area contributed by atoms with Crippen molar-refractivity contribution in [2.45, 2.75) is 9.17 Å². The lowest BCUT2D eigenvalue weighted by Crippen LogP contribution is -2.30. The molecule has 0 aromatic rings. The largest absolute Gasteiger partial charge is 0.354 e. The summed E-state index contributed by atoms with van der Waals surface area (Å²) in [6.45, 7) is 0. The molecule has 0 spiro atoms. The van der Waals surface area contributed by atoms with E-state index in [2.05, 4.69) is 0 Å². The number of hydrogen-bond acceptors (Lipinski definition) is 2. The van der Waals surface area contributed by atoms with Crippen LogP contribution in [0.5, 0.6) is 0 Å². The van der Waals surface area contributed by atoms with Crippen LogP contribution in [0, 0.1) is 0 Å². The molecular weight excluding hydrogens is 164 g/mol. The molecule has 0 amide bonds. The van der Waals surface area contributed by atoms with Crippen molar-refractivity contribution in [1.29, 1.82) is 0 Å². The maximum absolute atomic E-state index is 11.5. The molecule has 1 saturated heterocycles. The summed E-state index contributed by atoms with van der Waals surface area (Å²) in [5.74, 6) is 0. The summed E-state index contributed by atoms with van der Waals surface area (Å²) in [7, 11) is 0. The first-order valence-electron chi connectivity index (χ1n) is 1.57. The first-order chi connectivity index (χ1) is 3.41.